The fraction of sp³-hybridized carbons (Fsp3) is 0.400. The molecule has 6 nitrogen and oxygen atoms in total. The molecule has 1 atom stereocenters. The highest BCUT2D eigenvalue weighted by Gasteiger charge is 2.22. The van der Waals surface area contributed by atoms with E-state index < -0.39 is 0 Å². The van der Waals surface area contributed by atoms with Crippen LogP contribution in [0.5, 0.6) is 0 Å². The van der Waals surface area contributed by atoms with Gasteiger partial charge in [-0.3, -0.25) is 0 Å². The molecule has 0 saturated heterocycles. The molecule has 1 aliphatic heterocycles. The fourth-order valence-corrected chi connectivity index (χ4v) is 2.74. The molecule has 6 heteroatoms. The molecule has 0 bridgehead atoms. The van der Waals surface area contributed by atoms with Crippen molar-refractivity contribution in [2.75, 3.05) is 5.32 Å². The van der Waals surface area contributed by atoms with E-state index in [1.165, 1.54) is 0 Å². The first kappa shape index (κ1) is 12.4. The molecular weight excluding hydrogens is 266 g/mol. The van der Waals surface area contributed by atoms with Gasteiger partial charge in [0.1, 0.15) is 11.3 Å². The minimum Gasteiger partial charge on any atom is -0.424 e. The van der Waals surface area contributed by atoms with Crippen molar-refractivity contribution in [1.82, 2.24) is 19.7 Å². The molecule has 0 radical (unpaired) electrons. The second kappa shape index (κ2) is 4.87. The molecule has 1 N–H and O–H groups in total. The molecule has 1 unspecified atom stereocenters. The van der Waals surface area contributed by atoms with Gasteiger partial charge in [-0.1, -0.05) is 19.1 Å². The largest absolute Gasteiger partial charge is 0.424 e. The summed E-state index contributed by atoms with van der Waals surface area (Å²) in [4.78, 5) is 8.99. The van der Waals surface area contributed by atoms with Gasteiger partial charge >= 0.3 is 0 Å². The number of oxazole rings is 1. The highest BCUT2D eigenvalue weighted by Crippen LogP contribution is 2.21. The van der Waals surface area contributed by atoms with E-state index in [9.17, 15) is 0 Å². The molecule has 108 valence electrons. The van der Waals surface area contributed by atoms with Gasteiger partial charge in [0.25, 0.3) is 6.01 Å². The number of hydrogen-bond acceptors (Lipinski definition) is 5. The Morgan fingerprint density at radius 2 is 2.24 bits per heavy atom. The first-order valence-corrected chi connectivity index (χ1v) is 7.36. The monoisotopic (exact) mass is 283 g/mol. The molecule has 3 heterocycles. The van der Waals surface area contributed by atoms with Crippen LogP contribution in [0.2, 0.25) is 0 Å². The average molecular weight is 283 g/mol. The van der Waals surface area contributed by atoms with Gasteiger partial charge in [0.2, 0.25) is 0 Å². The first-order chi connectivity index (χ1) is 10.3. The van der Waals surface area contributed by atoms with Crippen LogP contribution in [0.3, 0.4) is 0 Å². The van der Waals surface area contributed by atoms with E-state index in [0.29, 0.717) is 6.01 Å². The van der Waals surface area contributed by atoms with Crippen LogP contribution in [0.4, 0.5) is 6.01 Å². The van der Waals surface area contributed by atoms with E-state index in [0.717, 1.165) is 48.6 Å². The lowest BCUT2D eigenvalue weighted by Gasteiger charge is -2.22. The van der Waals surface area contributed by atoms with Crippen LogP contribution in [0.25, 0.3) is 11.1 Å². The lowest BCUT2D eigenvalue weighted by atomic mass is 10.1. The predicted molar refractivity (Wildman–Crippen MR) is 79.1 cm³/mol. The van der Waals surface area contributed by atoms with Gasteiger partial charge in [0.05, 0.1) is 12.6 Å². The maximum absolute atomic E-state index is 5.72. The number of fused-ring (bicyclic) bond motifs is 2. The van der Waals surface area contributed by atoms with Crippen molar-refractivity contribution >= 4 is 17.1 Å². The summed E-state index contributed by atoms with van der Waals surface area (Å²) in [6.07, 6.45) is 2.83. The maximum atomic E-state index is 5.72. The van der Waals surface area contributed by atoms with Crippen molar-refractivity contribution < 1.29 is 4.42 Å². The lowest BCUT2D eigenvalue weighted by Crippen LogP contribution is -2.32. The molecule has 3 aromatic rings. The third kappa shape index (κ3) is 2.26. The van der Waals surface area contributed by atoms with Crippen LogP contribution in [-0.4, -0.2) is 25.8 Å². The van der Waals surface area contributed by atoms with Crippen LogP contribution < -0.4 is 5.32 Å². The highest BCUT2D eigenvalue weighted by molar-refractivity contribution is 5.74. The van der Waals surface area contributed by atoms with Gasteiger partial charge in [0, 0.05) is 12.8 Å². The minimum atomic E-state index is 0.275. The Balaban J connectivity index is 1.52. The van der Waals surface area contributed by atoms with Crippen LogP contribution in [0.15, 0.2) is 28.7 Å². The van der Waals surface area contributed by atoms with E-state index in [1.54, 1.807) is 0 Å². The molecule has 0 saturated carbocycles. The number of para-hydroxylation sites is 2. The highest BCUT2D eigenvalue weighted by atomic mass is 16.4. The number of aryl methyl sites for hydroxylation is 2. The molecule has 0 spiro atoms. The number of hydrogen-bond donors (Lipinski definition) is 1. The van der Waals surface area contributed by atoms with E-state index in [4.69, 9.17) is 4.42 Å². The van der Waals surface area contributed by atoms with Crippen LogP contribution >= 0.6 is 0 Å². The van der Waals surface area contributed by atoms with Gasteiger partial charge < -0.3 is 9.73 Å². The maximum Gasteiger partial charge on any atom is 0.295 e. The Kier molecular flexibility index (Phi) is 2.87. The summed E-state index contributed by atoms with van der Waals surface area (Å²) < 4.78 is 7.72. The first-order valence-electron chi connectivity index (χ1n) is 7.36. The Labute approximate surface area is 122 Å². The molecule has 1 aromatic carbocycles. The van der Waals surface area contributed by atoms with Gasteiger partial charge in [-0.25, -0.2) is 9.67 Å². The van der Waals surface area contributed by atoms with Crippen LogP contribution in [0.1, 0.15) is 25.0 Å². The second-order valence-electron chi connectivity index (χ2n) is 5.35. The zero-order valence-corrected chi connectivity index (χ0v) is 11.9. The summed E-state index contributed by atoms with van der Waals surface area (Å²) >= 11 is 0. The number of rotatable bonds is 3. The SMILES string of the molecule is CCc1nc2n(n1)CC(Nc1nc3ccccc3o1)CC2. The summed E-state index contributed by atoms with van der Waals surface area (Å²) in [6.45, 7) is 2.89. The summed E-state index contributed by atoms with van der Waals surface area (Å²) in [5.41, 5.74) is 1.69. The molecular formula is C15H17N5O. The zero-order chi connectivity index (χ0) is 14.2. The van der Waals surface area contributed by atoms with E-state index >= 15 is 0 Å². The number of anilines is 1. The van der Waals surface area contributed by atoms with Crippen LogP contribution in [-0.2, 0) is 19.4 Å². The van der Waals surface area contributed by atoms with Gasteiger partial charge in [-0.15, -0.1) is 0 Å². The Morgan fingerprint density at radius 1 is 1.33 bits per heavy atom. The molecule has 0 aliphatic carbocycles. The zero-order valence-electron chi connectivity index (χ0n) is 11.9. The van der Waals surface area contributed by atoms with E-state index in [-0.39, 0.29) is 6.04 Å². The third-order valence-corrected chi connectivity index (χ3v) is 3.84. The minimum absolute atomic E-state index is 0.275. The molecule has 4 rings (SSSR count). The lowest BCUT2D eigenvalue weighted by molar-refractivity contribution is 0.431. The summed E-state index contributed by atoms with van der Waals surface area (Å²) in [5, 5.41) is 7.89. The summed E-state index contributed by atoms with van der Waals surface area (Å²) in [5.74, 6) is 2.01. The Hall–Kier alpha value is -2.37. The predicted octanol–water partition coefficient (Wildman–Crippen LogP) is 2.41. The quantitative estimate of drug-likeness (QED) is 0.799. The molecule has 0 amide bonds. The van der Waals surface area contributed by atoms with Crippen molar-refractivity contribution in [2.45, 2.75) is 38.8 Å². The third-order valence-electron chi connectivity index (χ3n) is 3.84. The number of nitrogens with zero attached hydrogens (tertiary/aromatic N) is 4. The smallest absolute Gasteiger partial charge is 0.295 e. The van der Waals surface area contributed by atoms with Gasteiger partial charge in [-0.2, -0.15) is 10.1 Å². The van der Waals surface area contributed by atoms with Gasteiger partial charge in [-0.05, 0) is 18.6 Å². The van der Waals surface area contributed by atoms with Crippen molar-refractivity contribution in [2.24, 2.45) is 0 Å². The van der Waals surface area contributed by atoms with Gasteiger partial charge in [0.15, 0.2) is 11.4 Å². The second-order valence-corrected chi connectivity index (χ2v) is 5.35. The number of nitrogens with one attached hydrogen (secondary N) is 1. The molecule has 2 aromatic heterocycles. The van der Waals surface area contributed by atoms with Crippen molar-refractivity contribution in [3.63, 3.8) is 0 Å². The standard InChI is InChI=1S/C15H17N5O/c1-2-13-18-14-8-7-10(9-20(14)19-13)16-15-17-11-5-3-4-6-12(11)21-15/h3-6,10H,2,7-9H2,1H3,(H,16,17). The van der Waals surface area contributed by atoms with Crippen LogP contribution in [0, 0.1) is 0 Å². The van der Waals surface area contributed by atoms with Crippen molar-refractivity contribution in [3.8, 4) is 0 Å². The van der Waals surface area contributed by atoms with E-state index in [1.807, 2.05) is 28.9 Å². The average Bonchev–Trinajstić information content (AvgIpc) is 3.09. The number of aromatic nitrogens is 4. The van der Waals surface area contributed by atoms with E-state index in [2.05, 4.69) is 27.3 Å². The Morgan fingerprint density at radius 3 is 3.10 bits per heavy atom. The normalized spacial score (nSPS) is 17.9. The topological polar surface area (TPSA) is 68.8 Å². The molecule has 21 heavy (non-hydrogen) atoms. The fourth-order valence-electron chi connectivity index (χ4n) is 2.74. The van der Waals surface area contributed by atoms with Crippen molar-refractivity contribution in [3.05, 3.63) is 35.9 Å². The Bertz CT molecular complexity index is 742. The molecule has 0 fully saturated rings. The van der Waals surface area contributed by atoms with Crippen molar-refractivity contribution in [1.29, 1.82) is 0 Å². The number of benzene rings is 1. The molecule has 1 aliphatic rings. The summed E-state index contributed by atoms with van der Waals surface area (Å²) in [6, 6.07) is 8.65. The summed E-state index contributed by atoms with van der Waals surface area (Å²) in [7, 11) is 0.